The number of rotatable bonds is 4. The van der Waals surface area contributed by atoms with Crippen LogP contribution in [0.2, 0.25) is 0 Å². The molecule has 1 heterocycles. The summed E-state index contributed by atoms with van der Waals surface area (Å²) in [5.74, 6) is 2.82. The number of ether oxygens (including phenoxy) is 1. The third-order valence-corrected chi connectivity index (χ3v) is 3.62. The summed E-state index contributed by atoms with van der Waals surface area (Å²) in [4.78, 5) is 0. The molecule has 0 aliphatic carbocycles. The molecule has 0 fully saturated rings. The van der Waals surface area contributed by atoms with Crippen molar-refractivity contribution in [2.45, 2.75) is 26.8 Å². The van der Waals surface area contributed by atoms with Gasteiger partial charge < -0.3 is 14.5 Å². The van der Waals surface area contributed by atoms with Gasteiger partial charge in [-0.3, -0.25) is 0 Å². The summed E-state index contributed by atoms with van der Waals surface area (Å²) < 4.78 is 11.0. The van der Waals surface area contributed by atoms with Gasteiger partial charge in [-0.1, -0.05) is 12.1 Å². The van der Waals surface area contributed by atoms with E-state index in [-0.39, 0.29) is 6.04 Å². The van der Waals surface area contributed by atoms with Crippen molar-refractivity contribution in [1.82, 2.24) is 5.32 Å². The van der Waals surface area contributed by atoms with Crippen LogP contribution in [0, 0.1) is 20.8 Å². The van der Waals surface area contributed by atoms with Crippen LogP contribution in [-0.2, 0) is 0 Å². The summed E-state index contributed by atoms with van der Waals surface area (Å²) in [7, 11) is 3.65. The fraction of sp³-hybridized carbons (Fsp3) is 0.375. The third kappa shape index (κ3) is 2.51. The SMILES string of the molecule is CNC(c1cccc(OC)c1)c1c(C)oc(C)c1C. The van der Waals surface area contributed by atoms with Gasteiger partial charge in [-0.2, -0.15) is 0 Å². The molecule has 0 aliphatic heterocycles. The highest BCUT2D eigenvalue weighted by Crippen LogP contribution is 2.32. The predicted octanol–water partition coefficient (Wildman–Crippen LogP) is 3.52. The summed E-state index contributed by atoms with van der Waals surface area (Å²) in [6, 6.07) is 8.24. The third-order valence-electron chi connectivity index (χ3n) is 3.62. The molecule has 0 saturated carbocycles. The van der Waals surface area contributed by atoms with Crippen LogP contribution in [0.15, 0.2) is 28.7 Å². The lowest BCUT2D eigenvalue weighted by molar-refractivity contribution is 0.413. The summed E-state index contributed by atoms with van der Waals surface area (Å²) in [6.45, 7) is 6.12. The van der Waals surface area contributed by atoms with Crippen LogP contribution in [-0.4, -0.2) is 14.2 Å². The van der Waals surface area contributed by atoms with Gasteiger partial charge in [-0.05, 0) is 51.1 Å². The first-order chi connectivity index (χ1) is 9.08. The quantitative estimate of drug-likeness (QED) is 0.912. The monoisotopic (exact) mass is 259 g/mol. The first kappa shape index (κ1) is 13.7. The molecule has 1 aromatic carbocycles. The van der Waals surface area contributed by atoms with E-state index < -0.39 is 0 Å². The van der Waals surface area contributed by atoms with Crippen molar-refractivity contribution in [3.8, 4) is 5.75 Å². The minimum absolute atomic E-state index is 0.118. The molecule has 1 N–H and O–H groups in total. The van der Waals surface area contributed by atoms with Gasteiger partial charge in [0.05, 0.1) is 13.2 Å². The van der Waals surface area contributed by atoms with Gasteiger partial charge in [0.15, 0.2) is 0 Å². The average molecular weight is 259 g/mol. The van der Waals surface area contributed by atoms with Gasteiger partial charge >= 0.3 is 0 Å². The Morgan fingerprint density at radius 2 is 1.89 bits per heavy atom. The zero-order valence-corrected chi connectivity index (χ0v) is 12.2. The lowest BCUT2D eigenvalue weighted by atomic mass is 9.95. The Kier molecular flexibility index (Phi) is 3.96. The molecule has 0 aliphatic rings. The van der Waals surface area contributed by atoms with Crippen molar-refractivity contribution in [3.63, 3.8) is 0 Å². The molecule has 2 rings (SSSR count). The van der Waals surface area contributed by atoms with Gasteiger partial charge in [-0.15, -0.1) is 0 Å². The minimum atomic E-state index is 0.118. The smallest absolute Gasteiger partial charge is 0.119 e. The Balaban J connectivity index is 2.49. The highest BCUT2D eigenvalue weighted by Gasteiger charge is 2.21. The zero-order valence-electron chi connectivity index (χ0n) is 12.2. The van der Waals surface area contributed by atoms with Gasteiger partial charge in [0.2, 0.25) is 0 Å². The second kappa shape index (κ2) is 5.49. The largest absolute Gasteiger partial charge is 0.497 e. The van der Waals surface area contributed by atoms with E-state index in [1.165, 1.54) is 16.7 Å². The fourth-order valence-electron chi connectivity index (χ4n) is 2.53. The highest BCUT2D eigenvalue weighted by atomic mass is 16.5. The molecule has 19 heavy (non-hydrogen) atoms. The van der Waals surface area contributed by atoms with Gasteiger partial charge in [0, 0.05) is 5.56 Å². The Morgan fingerprint density at radius 3 is 2.42 bits per heavy atom. The first-order valence-corrected chi connectivity index (χ1v) is 6.46. The standard InChI is InChI=1S/C16H21NO2/c1-10-11(2)19-12(3)15(10)16(17-4)13-7-6-8-14(9-13)18-5/h6-9,16-17H,1-5H3. The molecule has 102 valence electrons. The minimum Gasteiger partial charge on any atom is -0.497 e. The Morgan fingerprint density at radius 1 is 1.16 bits per heavy atom. The van der Waals surface area contributed by atoms with E-state index in [4.69, 9.17) is 9.15 Å². The second-order valence-electron chi connectivity index (χ2n) is 4.75. The maximum Gasteiger partial charge on any atom is 0.119 e. The van der Waals surface area contributed by atoms with Gasteiger partial charge in [0.25, 0.3) is 0 Å². The van der Waals surface area contributed by atoms with E-state index in [1.807, 2.05) is 33.0 Å². The molecule has 0 amide bonds. The van der Waals surface area contributed by atoms with E-state index in [0.29, 0.717) is 0 Å². The molecule has 1 aromatic heterocycles. The molecule has 1 atom stereocenters. The molecule has 3 nitrogen and oxygen atoms in total. The lowest BCUT2D eigenvalue weighted by Crippen LogP contribution is -2.18. The Bertz CT molecular complexity index is 572. The van der Waals surface area contributed by atoms with E-state index in [9.17, 15) is 0 Å². The Hall–Kier alpha value is -1.74. The number of methoxy groups -OCH3 is 1. The van der Waals surface area contributed by atoms with Crippen LogP contribution in [0.4, 0.5) is 0 Å². The summed E-state index contributed by atoms with van der Waals surface area (Å²) in [5.41, 5.74) is 3.60. The zero-order chi connectivity index (χ0) is 14.0. The molecule has 0 bridgehead atoms. The normalized spacial score (nSPS) is 12.5. The van der Waals surface area contributed by atoms with Crippen LogP contribution >= 0.6 is 0 Å². The topological polar surface area (TPSA) is 34.4 Å². The van der Waals surface area contributed by atoms with E-state index in [0.717, 1.165) is 17.3 Å². The average Bonchev–Trinajstić information content (AvgIpc) is 2.66. The van der Waals surface area contributed by atoms with Crippen LogP contribution < -0.4 is 10.1 Å². The number of aryl methyl sites for hydroxylation is 2. The number of furan rings is 1. The van der Waals surface area contributed by atoms with Crippen molar-refractivity contribution >= 4 is 0 Å². The molecular formula is C16H21NO2. The number of hydrogen-bond donors (Lipinski definition) is 1. The first-order valence-electron chi connectivity index (χ1n) is 6.46. The molecule has 0 saturated heterocycles. The molecule has 2 aromatic rings. The Labute approximate surface area is 114 Å². The van der Waals surface area contributed by atoms with Gasteiger partial charge in [-0.25, -0.2) is 0 Å². The van der Waals surface area contributed by atoms with Crippen LogP contribution in [0.3, 0.4) is 0 Å². The van der Waals surface area contributed by atoms with Crippen LogP contribution in [0.5, 0.6) is 5.75 Å². The summed E-state index contributed by atoms with van der Waals surface area (Å²) >= 11 is 0. The van der Waals surface area contributed by atoms with Crippen molar-refractivity contribution < 1.29 is 9.15 Å². The summed E-state index contributed by atoms with van der Waals surface area (Å²) in [5, 5.41) is 3.37. The van der Waals surface area contributed by atoms with Gasteiger partial charge in [0.1, 0.15) is 17.3 Å². The fourth-order valence-corrected chi connectivity index (χ4v) is 2.53. The molecule has 0 spiro atoms. The second-order valence-corrected chi connectivity index (χ2v) is 4.75. The molecular weight excluding hydrogens is 238 g/mol. The van der Waals surface area contributed by atoms with Crippen molar-refractivity contribution in [3.05, 3.63) is 52.5 Å². The number of hydrogen-bond acceptors (Lipinski definition) is 3. The summed E-state index contributed by atoms with van der Waals surface area (Å²) in [6.07, 6.45) is 0. The van der Waals surface area contributed by atoms with E-state index in [1.54, 1.807) is 7.11 Å². The van der Waals surface area contributed by atoms with Crippen LogP contribution in [0.1, 0.15) is 34.3 Å². The maximum atomic E-state index is 5.73. The van der Waals surface area contributed by atoms with E-state index in [2.05, 4.69) is 24.4 Å². The van der Waals surface area contributed by atoms with Crippen molar-refractivity contribution in [1.29, 1.82) is 0 Å². The lowest BCUT2D eigenvalue weighted by Gasteiger charge is -2.18. The predicted molar refractivity (Wildman–Crippen MR) is 76.8 cm³/mol. The molecule has 1 unspecified atom stereocenters. The molecule has 3 heteroatoms. The maximum absolute atomic E-state index is 5.73. The highest BCUT2D eigenvalue weighted by molar-refractivity contribution is 5.42. The van der Waals surface area contributed by atoms with Crippen molar-refractivity contribution in [2.75, 3.05) is 14.2 Å². The molecule has 0 radical (unpaired) electrons. The van der Waals surface area contributed by atoms with E-state index >= 15 is 0 Å². The number of nitrogens with one attached hydrogen (secondary N) is 1. The van der Waals surface area contributed by atoms with Crippen LogP contribution in [0.25, 0.3) is 0 Å². The van der Waals surface area contributed by atoms with Crippen molar-refractivity contribution in [2.24, 2.45) is 0 Å². The number of benzene rings is 1.